The van der Waals surface area contributed by atoms with E-state index < -0.39 is 35.7 Å². The van der Waals surface area contributed by atoms with Crippen molar-refractivity contribution in [3.63, 3.8) is 0 Å². The van der Waals surface area contributed by atoms with Crippen molar-refractivity contribution in [1.82, 2.24) is 15.1 Å². The molecule has 10 heteroatoms. The Bertz CT molecular complexity index is 1210. The van der Waals surface area contributed by atoms with Crippen LogP contribution >= 0.6 is 0 Å². The number of nitrogens with one attached hydrogen (secondary N) is 1. The van der Waals surface area contributed by atoms with Crippen LogP contribution in [0.5, 0.6) is 11.5 Å². The maximum atomic E-state index is 13.8. The fraction of sp³-hybridized carbons (Fsp3) is 0.400. The molecule has 3 aliphatic heterocycles. The van der Waals surface area contributed by atoms with Gasteiger partial charge < -0.3 is 19.7 Å². The second-order valence-corrected chi connectivity index (χ2v) is 9.08. The molecule has 0 saturated carbocycles. The maximum Gasteiger partial charge on any atom is 0.325 e. The van der Waals surface area contributed by atoms with Crippen LogP contribution in [0, 0.1) is 11.6 Å². The molecule has 2 fully saturated rings. The predicted molar refractivity (Wildman–Crippen MR) is 120 cm³/mol. The van der Waals surface area contributed by atoms with Crippen molar-refractivity contribution in [2.75, 3.05) is 26.3 Å². The Hall–Kier alpha value is -3.69. The molecular formula is C25H25F2N3O5. The Morgan fingerprint density at radius 3 is 2.60 bits per heavy atom. The molecule has 0 aromatic heterocycles. The average molecular weight is 485 g/mol. The predicted octanol–water partition coefficient (Wildman–Crippen LogP) is 3.26. The third kappa shape index (κ3) is 4.06. The second-order valence-electron chi connectivity index (χ2n) is 9.08. The minimum absolute atomic E-state index is 0.0935. The van der Waals surface area contributed by atoms with E-state index in [1.165, 1.54) is 13.0 Å². The molecule has 3 heterocycles. The van der Waals surface area contributed by atoms with Crippen molar-refractivity contribution in [3.8, 4) is 11.5 Å². The van der Waals surface area contributed by atoms with Crippen molar-refractivity contribution in [3.05, 3.63) is 59.2 Å². The first-order chi connectivity index (χ1) is 16.8. The van der Waals surface area contributed by atoms with Gasteiger partial charge in [-0.15, -0.1) is 0 Å². The molecule has 5 rings (SSSR count). The molecule has 0 bridgehead atoms. The van der Waals surface area contributed by atoms with Crippen molar-refractivity contribution in [1.29, 1.82) is 0 Å². The van der Waals surface area contributed by atoms with Gasteiger partial charge in [0.2, 0.25) is 5.91 Å². The number of benzene rings is 2. The largest absolute Gasteiger partial charge is 0.490 e. The van der Waals surface area contributed by atoms with E-state index in [2.05, 4.69) is 5.32 Å². The molecule has 2 atom stereocenters. The number of hydrogen-bond acceptors (Lipinski definition) is 5. The molecule has 2 unspecified atom stereocenters. The zero-order chi connectivity index (χ0) is 24.7. The highest BCUT2D eigenvalue weighted by molar-refractivity contribution is 6.09. The number of amides is 4. The molecular weight excluding hydrogens is 460 g/mol. The summed E-state index contributed by atoms with van der Waals surface area (Å²) in [4.78, 5) is 41.5. The third-order valence-corrected chi connectivity index (χ3v) is 6.79. The highest BCUT2D eigenvalue weighted by atomic mass is 19.2. The van der Waals surface area contributed by atoms with Crippen LogP contribution in [0.4, 0.5) is 13.6 Å². The zero-order valence-electron chi connectivity index (χ0n) is 19.2. The van der Waals surface area contributed by atoms with Crippen LogP contribution in [0.3, 0.4) is 0 Å². The molecule has 0 radical (unpaired) electrons. The summed E-state index contributed by atoms with van der Waals surface area (Å²) in [5, 5.41) is 2.52. The first-order valence-corrected chi connectivity index (χ1v) is 11.6. The summed E-state index contributed by atoms with van der Waals surface area (Å²) in [6, 6.07) is 7.64. The van der Waals surface area contributed by atoms with Gasteiger partial charge in [-0.3, -0.25) is 14.5 Å². The molecule has 35 heavy (non-hydrogen) atoms. The second kappa shape index (κ2) is 8.83. The summed E-state index contributed by atoms with van der Waals surface area (Å²) in [7, 11) is 0. The lowest BCUT2D eigenvalue weighted by Crippen LogP contribution is -2.44. The van der Waals surface area contributed by atoms with E-state index in [-0.39, 0.29) is 17.5 Å². The Labute approximate surface area is 200 Å². The zero-order valence-corrected chi connectivity index (χ0v) is 19.2. The Kier molecular flexibility index (Phi) is 5.82. The number of hydrogen-bond donors (Lipinski definition) is 1. The van der Waals surface area contributed by atoms with Gasteiger partial charge in [-0.2, -0.15) is 0 Å². The number of urea groups is 1. The molecule has 184 valence electrons. The molecule has 8 nitrogen and oxygen atoms in total. The maximum absolute atomic E-state index is 13.8. The van der Waals surface area contributed by atoms with Crippen molar-refractivity contribution >= 4 is 17.8 Å². The quantitative estimate of drug-likeness (QED) is 0.672. The SMILES string of the molecule is CC1(c2ccc(F)c(F)c2)NC(=O)N(CC(=O)N2CCCC2c2ccc3c(c2)OCCCO3)C1=O. The molecule has 2 aromatic carbocycles. The van der Waals surface area contributed by atoms with Gasteiger partial charge in [-0.1, -0.05) is 12.1 Å². The summed E-state index contributed by atoms with van der Waals surface area (Å²) < 4.78 is 38.6. The fourth-order valence-electron chi connectivity index (χ4n) is 4.87. The Balaban J connectivity index is 1.33. The number of carbonyl (C=O) groups excluding carboxylic acids is 3. The minimum Gasteiger partial charge on any atom is -0.490 e. The highest BCUT2D eigenvalue weighted by Crippen LogP contribution is 2.38. The topological polar surface area (TPSA) is 88.2 Å². The van der Waals surface area contributed by atoms with E-state index in [0.717, 1.165) is 41.9 Å². The van der Waals surface area contributed by atoms with Gasteiger partial charge in [0, 0.05) is 13.0 Å². The van der Waals surface area contributed by atoms with Gasteiger partial charge in [-0.05, 0) is 55.2 Å². The molecule has 0 aliphatic carbocycles. The van der Waals surface area contributed by atoms with Crippen LogP contribution in [0.1, 0.15) is 43.4 Å². The summed E-state index contributed by atoms with van der Waals surface area (Å²) in [6.07, 6.45) is 2.29. The van der Waals surface area contributed by atoms with Gasteiger partial charge in [0.25, 0.3) is 5.91 Å². The van der Waals surface area contributed by atoms with Crippen molar-refractivity contribution < 1.29 is 32.6 Å². The highest BCUT2D eigenvalue weighted by Gasteiger charge is 2.50. The number of likely N-dealkylation sites (tertiary alicyclic amines) is 1. The summed E-state index contributed by atoms with van der Waals surface area (Å²) in [6.45, 7) is 2.57. The number of imide groups is 1. The molecule has 1 N–H and O–H groups in total. The van der Waals surface area contributed by atoms with E-state index in [0.29, 0.717) is 31.3 Å². The van der Waals surface area contributed by atoms with E-state index in [1.807, 2.05) is 18.2 Å². The van der Waals surface area contributed by atoms with Gasteiger partial charge in [0.1, 0.15) is 12.1 Å². The number of fused-ring (bicyclic) bond motifs is 1. The first-order valence-electron chi connectivity index (χ1n) is 11.6. The van der Waals surface area contributed by atoms with Crippen LogP contribution < -0.4 is 14.8 Å². The smallest absolute Gasteiger partial charge is 0.325 e. The fourth-order valence-corrected chi connectivity index (χ4v) is 4.87. The molecule has 4 amide bonds. The van der Waals surface area contributed by atoms with Crippen molar-refractivity contribution in [2.24, 2.45) is 0 Å². The van der Waals surface area contributed by atoms with Gasteiger partial charge in [0.15, 0.2) is 23.1 Å². The standard InChI is InChI=1S/C25H25F2N3O5/c1-25(16-6-7-17(26)18(27)13-16)23(32)30(24(33)28-25)14-22(31)29-9-2-4-19(29)15-5-8-20-21(12-15)35-11-3-10-34-20/h5-8,12-13,19H,2-4,9-11,14H2,1H3,(H,28,33). The summed E-state index contributed by atoms with van der Waals surface area (Å²) in [5.74, 6) is -1.97. The van der Waals surface area contributed by atoms with Gasteiger partial charge in [-0.25, -0.2) is 13.6 Å². The van der Waals surface area contributed by atoms with Crippen LogP contribution in [0.15, 0.2) is 36.4 Å². The number of rotatable bonds is 4. The lowest BCUT2D eigenvalue weighted by molar-refractivity contribution is -0.139. The van der Waals surface area contributed by atoms with E-state index >= 15 is 0 Å². The molecule has 0 spiro atoms. The first kappa shape index (κ1) is 23.1. The van der Waals surface area contributed by atoms with Gasteiger partial charge >= 0.3 is 6.03 Å². The Morgan fingerprint density at radius 1 is 1.06 bits per heavy atom. The summed E-state index contributed by atoms with van der Waals surface area (Å²) >= 11 is 0. The van der Waals surface area contributed by atoms with Crippen LogP contribution in [-0.4, -0.2) is 53.9 Å². The van der Waals surface area contributed by atoms with Crippen LogP contribution in [0.2, 0.25) is 0 Å². The lowest BCUT2D eigenvalue weighted by Gasteiger charge is -2.27. The van der Waals surface area contributed by atoms with E-state index in [4.69, 9.17) is 9.47 Å². The monoisotopic (exact) mass is 485 g/mol. The number of nitrogens with zero attached hydrogens (tertiary/aromatic N) is 2. The van der Waals surface area contributed by atoms with Crippen LogP contribution in [0.25, 0.3) is 0 Å². The Morgan fingerprint density at radius 2 is 1.83 bits per heavy atom. The lowest BCUT2D eigenvalue weighted by atomic mass is 9.92. The molecule has 3 aliphatic rings. The number of ether oxygens (including phenoxy) is 2. The third-order valence-electron chi connectivity index (χ3n) is 6.79. The molecule has 2 saturated heterocycles. The summed E-state index contributed by atoms with van der Waals surface area (Å²) in [5.41, 5.74) is -0.621. The normalized spacial score (nSPS) is 23.9. The number of carbonyl (C=O) groups is 3. The minimum atomic E-state index is -1.61. The van der Waals surface area contributed by atoms with Crippen LogP contribution in [-0.2, 0) is 15.1 Å². The average Bonchev–Trinajstić information content (AvgIpc) is 3.31. The number of halogens is 2. The van der Waals surface area contributed by atoms with Crippen molar-refractivity contribution in [2.45, 2.75) is 37.8 Å². The molecule has 2 aromatic rings. The van der Waals surface area contributed by atoms with E-state index in [9.17, 15) is 23.2 Å². The van der Waals surface area contributed by atoms with E-state index in [1.54, 1.807) is 4.90 Å². The van der Waals surface area contributed by atoms with Gasteiger partial charge in [0.05, 0.1) is 19.3 Å².